The topological polar surface area (TPSA) is 64.1 Å². The van der Waals surface area contributed by atoms with Gasteiger partial charge in [-0.1, -0.05) is 29.3 Å². The summed E-state index contributed by atoms with van der Waals surface area (Å²) in [5.41, 5.74) is 7.43. The van der Waals surface area contributed by atoms with Crippen molar-refractivity contribution in [2.24, 2.45) is 0 Å². The molecule has 1 aliphatic carbocycles. The van der Waals surface area contributed by atoms with Gasteiger partial charge in [0.05, 0.1) is 25.5 Å². The number of rotatable bonds is 12. The zero-order valence-electron chi connectivity index (χ0n) is 23.4. The molecule has 0 unspecified atom stereocenters. The van der Waals surface area contributed by atoms with Gasteiger partial charge in [0.1, 0.15) is 0 Å². The van der Waals surface area contributed by atoms with E-state index in [1.54, 1.807) is 14.2 Å². The van der Waals surface area contributed by atoms with Gasteiger partial charge in [-0.15, -0.1) is 0 Å². The van der Waals surface area contributed by atoms with Crippen LogP contribution in [-0.2, 0) is 27.1 Å². The number of hydrogen-bond donors (Lipinski definition) is 0. The highest BCUT2D eigenvalue weighted by Crippen LogP contribution is 2.38. The number of hydrogen-bond acceptors (Lipinski definition) is 6. The minimum atomic E-state index is -0.201. The number of ether oxygens (including phenoxy) is 3. The predicted molar refractivity (Wildman–Crippen MR) is 155 cm³/mol. The molecule has 8 heteroatoms. The maximum atomic E-state index is 12.8. The molecule has 0 bridgehead atoms. The third-order valence-corrected chi connectivity index (χ3v) is 7.91. The number of nitrogens with zero attached hydrogens (tertiary/aromatic N) is 3. The van der Waals surface area contributed by atoms with Gasteiger partial charge in [-0.05, 0) is 86.4 Å². The summed E-state index contributed by atoms with van der Waals surface area (Å²) in [5.74, 6) is 0. The highest BCUT2D eigenvalue weighted by Gasteiger charge is 2.27. The van der Waals surface area contributed by atoms with Gasteiger partial charge in [0.25, 0.3) is 0 Å². The van der Waals surface area contributed by atoms with Crippen LogP contribution in [-0.4, -0.2) is 87.6 Å². The molecular weight excluding hydrogens is 514 g/mol. The van der Waals surface area contributed by atoms with Crippen molar-refractivity contribution in [3.63, 3.8) is 0 Å². The first-order chi connectivity index (χ1) is 19.1. The third kappa shape index (κ3) is 8.27. The van der Waals surface area contributed by atoms with E-state index in [1.165, 1.54) is 27.8 Å². The molecule has 2 heterocycles. The van der Waals surface area contributed by atoms with Crippen molar-refractivity contribution < 1.29 is 19.0 Å². The second-order valence-electron chi connectivity index (χ2n) is 10.3. The van der Waals surface area contributed by atoms with Gasteiger partial charge < -0.3 is 19.1 Å². The Kier molecular flexibility index (Phi) is 11.6. The second kappa shape index (κ2) is 15.4. The van der Waals surface area contributed by atoms with Crippen molar-refractivity contribution in [3.8, 4) is 0 Å². The van der Waals surface area contributed by atoms with Crippen LogP contribution in [0.2, 0.25) is 5.02 Å². The van der Waals surface area contributed by atoms with Crippen LogP contribution in [0.4, 0.5) is 4.79 Å². The number of halogens is 1. The van der Waals surface area contributed by atoms with Crippen molar-refractivity contribution >= 4 is 23.3 Å². The molecule has 4 rings (SSSR count). The molecule has 1 aliphatic heterocycles. The number of likely N-dealkylation sites (tertiary alicyclic amines) is 1. The lowest BCUT2D eigenvalue weighted by atomic mass is 9.88. The molecule has 0 atom stereocenters. The van der Waals surface area contributed by atoms with E-state index < -0.39 is 0 Å². The average molecular weight is 556 g/mol. The standard InChI is InChI=1S/C31H42ClN3O4/c1-37-21-18-34(19-22-38-2)15-4-3-5-20-39-31(36)35-16-12-24(13-17-35)29-28-11-10-27(32)23-26(28)9-8-25-7-6-14-33-30(25)29/h6-7,10-11,14,23H,3-5,8-9,12-13,15-22H2,1-2H3. The van der Waals surface area contributed by atoms with Gasteiger partial charge >= 0.3 is 6.09 Å². The Bertz CT molecular complexity index is 1100. The maximum absolute atomic E-state index is 12.8. The quantitative estimate of drug-likeness (QED) is 0.316. The average Bonchev–Trinajstić information content (AvgIpc) is 3.12. The van der Waals surface area contributed by atoms with E-state index in [4.69, 9.17) is 30.8 Å². The lowest BCUT2D eigenvalue weighted by molar-refractivity contribution is 0.0961. The Morgan fingerprint density at radius 3 is 2.41 bits per heavy atom. The molecule has 2 aliphatic rings. The highest BCUT2D eigenvalue weighted by molar-refractivity contribution is 6.30. The number of aromatic nitrogens is 1. The second-order valence-corrected chi connectivity index (χ2v) is 10.7. The number of amides is 1. The predicted octanol–water partition coefficient (Wildman–Crippen LogP) is 5.63. The maximum Gasteiger partial charge on any atom is 0.409 e. The first kappa shape index (κ1) is 29.5. The van der Waals surface area contributed by atoms with E-state index in [0.29, 0.717) is 19.7 Å². The van der Waals surface area contributed by atoms with E-state index >= 15 is 0 Å². The molecule has 0 radical (unpaired) electrons. The van der Waals surface area contributed by atoms with Gasteiger partial charge in [-0.3, -0.25) is 9.88 Å². The largest absolute Gasteiger partial charge is 0.449 e. The number of unbranched alkanes of at least 4 members (excludes halogenated alkanes) is 2. The summed E-state index contributed by atoms with van der Waals surface area (Å²) >= 11 is 6.35. The Hall–Kier alpha value is -2.45. The highest BCUT2D eigenvalue weighted by atomic mass is 35.5. The third-order valence-electron chi connectivity index (χ3n) is 7.67. The SMILES string of the molecule is COCCN(CCCCCOC(=O)N1CCC(=C2c3ccc(Cl)cc3CCc3cccnc32)CC1)CCOC. The molecule has 1 saturated heterocycles. The summed E-state index contributed by atoms with van der Waals surface area (Å²) in [6.45, 7) is 6.04. The number of aryl methyl sites for hydroxylation is 2. The first-order valence-electron chi connectivity index (χ1n) is 14.2. The number of fused-ring (bicyclic) bond motifs is 2. The number of methoxy groups -OCH3 is 2. The van der Waals surface area contributed by atoms with Gasteiger partial charge in [0, 0.05) is 57.2 Å². The van der Waals surface area contributed by atoms with Crippen LogP contribution in [0, 0.1) is 0 Å². The number of carbonyl (C=O) groups excluding carboxylic acids is 1. The van der Waals surface area contributed by atoms with E-state index in [-0.39, 0.29) is 6.09 Å². The smallest absolute Gasteiger partial charge is 0.409 e. The zero-order chi connectivity index (χ0) is 27.5. The molecule has 2 aromatic rings. The van der Waals surface area contributed by atoms with E-state index in [2.05, 4.69) is 23.1 Å². The van der Waals surface area contributed by atoms with Crippen molar-refractivity contribution in [2.75, 3.05) is 66.8 Å². The summed E-state index contributed by atoms with van der Waals surface area (Å²) in [5, 5.41) is 0.768. The van der Waals surface area contributed by atoms with Gasteiger partial charge in [0.15, 0.2) is 0 Å². The molecule has 7 nitrogen and oxygen atoms in total. The molecule has 0 N–H and O–H groups in total. The molecule has 1 aromatic carbocycles. The van der Waals surface area contributed by atoms with Crippen LogP contribution in [0.1, 0.15) is 54.5 Å². The molecule has 1 amide bonds. The fourth-order valence-corrected chi connectivity index (χ4v) is 5.68. The lowest BCUT2D eigenvalue weighted by Crippen LogP contribution is -2.37. The molecule has 39 heavy (non-hydrogen) atoms. The van der Waals surface area contributed by atoms with Crippen LogP contribution in [0.5, 0.6) is 0 Å². The molecule has 212 valence electrons. The van der Waals surface area contributed by atoms with Gasteiger partial charge in [0.2, 0.25) is 0 Å². The Labute approximate surface area is 238 Å². The van der Waals surface area contributed by atoms with Crippen molar-refractivity contribution in [1.29, 1.82) is 0 Å². The Balaban J connectivity index is 1.28. The van der Waals surface area contributed by atoms with Crippen LogP contribution in [0.25, 0.3) is 5.57 Å². The fourth-order valence-electron chi connectivity index (χ4n) is 5.48. The van der Waals surface area contributed by atoms with E-state index in [0.717, 1.165) is 88.5 Å². The first-order valence-corrected chi connectivity index (χ1v) is 14.6. The van der Waals surface area contributed by atoms with Crippen LogP contribution in [0.15, 0.2) is 42.1 Å². The minimum Gasteiger partial charge on any atom is -0.449 e. The number of piperidine rings is 1. The minimum absolute atomic E-state index is 0.201. The number of pyridine rings is 1. The zero-order valence-corrected chi connectivity index (χ0v) is 24.2. The van der Waals surface area contributed by atoms with Crippen LogP contribution < -0.4 is 0 Å². The van der Waals surface area contributed by atoms with E-state index in [1.807, 2.05) is 23.2 Å². The normalized spacial score (nSPS) is 15.2. The summed E-state index contributed by atoms with van der Waals surface area (Å²) < 4.78 is 16.1. The molecule has 1 aromatic heterocycles. The molecule has 0 saturated carbocycles. The van der Waals surface area contributed by atoms with Gasteiger partial charge in [-0.2, -0.15) is 0 Å². The fraction of sp³-hybridized carbons (Fsp3) is 0.548. The van der Waals surface area contributed by atoms with E-state index in [9.17, 15) is 4.79 Å². The molecular formula is C31H42ClN3O4. The van der Waals surface area contributed by atoms with Crippen LogP contribution >= 0.6 is 11.6 Å². The molecule has 0 spiro atoms. The van der Waals surface area contributed by atoms with Crippen molar-refractivity contribution in [2.45, 2.75) is 44.9 Å². The Morgan fingerprint density at radius 2 is 1.67 bits per heavy atom. The van der Waals surface area contributed by atoms with Gasteiger partial charge in [-0.25, -0.2) is 4.79 Å². The summed E-state index contributed by atoms with van der Waals surface area (Å²) in [6.07, 6.45) is 8.17. The Morgan fingerprint density at radius 1 is 0.923 bits per heavy atom. The monoisotopic (exact) mass is 555 g/mol. The summed E-state index contributed by atoms with van der Waals surface area (Å²) in [7, 11) is 3.46. The summed E-state index contributed by atoms with van der Waals surface area (Å²) in [4.78, 5) is 21.8. The number of benzene rings is 1. The van der Waals surface area contributed by atoms with Crippen molar-refractivity contribution in [3.05, 3.63) is 69.5 Å². The lowest BCUT2D eigenvalue weighted by Gasteiger charge is -2.29. The number of carbonyl (C=O) groups is 1. The summed E-state index contributed by atoms with van der Waals surface area (Å²) in [6, 6.07) is 10.4. The van der Waals surface area contributed by atoms with Crippen LogP contribution in [0.3, 0.4) is 0 Å². The van der Waals surface area contributed by atoms with Crippen molar-refractivity contribution in [1.82, 2.24) is 14.8 Å². The molecule has 1 fully saturated rings.